The van der Waals surface area contributed by atoms with Crippen LogP contribution < -0.4 is 10.1 Å². The second kappa shape index (κ2) is 9.77. The minimum Gasteiger partial charge on any atom is -0.493 e. The standard InChI is InChI=1S/C22H20N2O4S2/c25-21(24-19-9-10-27-20-4-2-1-3-18(19)20)11-28-22(26)15-5-7-17(8-6-15)30-13-16-12-29-14-23-16/h1-8,12,14,19H,9-11,13H2,(H,24,25). The molecule has 1 atom stereocenters. The fourth-order valence-electron chi connectivity index (χ4n) is 3.10. The molecule has 1 amide bonds. The lowest BCUT2D eigenvalue weighted by molar-refractivity contribution is -0.125. The van der Waals surface area contributed by atoms with Crippen LogP contribution in [0.1, 0.15) is 34.1 Å². The van der Waals surface area contributed by atoms with E-state index in [2.05, 4.69) is 10.3 Å². The Morgan fingerprint density at radius 1 is 1.20 bits per heavy atom. The van der Waals surface area contributed by atoms with E-state index in [9.17, 15) is 9.59 Å². The van der Waals surface area contributed by atoms with Crippen LogP contribution in [0.5, 0.6) is 5.75 Å². The van der Waals surface area contributed by atoms with E-state index >= 15 is 0 Å². The summed E-state index contributed by atoms with van der Waals surface area (Å²) >= 11 is 3.22. The molecule has 4 rings (SSSR count). The Balaban J connectivity index is 1.26. The summed E-state index contributed by atoms with van der Waals surface area (Å²) in [4.78, 5) is 29.8. The molecule has 0 bridgehead atoms. The number of hydrogen-bond acceptors (Lipinski definition) is 7. The number of esters is 1. The van der Waals surface area contributed by atoms with Gasteiger partial charge in [0.05, 0.1) is 29.4 Å². The number of thioether (sulfide) groups is 1. The number of hydrogen-bond donors (Lipinski definition) is 1. The van der Waals surface area contributed by atoms with Crippen molar-refractivity contribution in [3.63, 3.8) is 0 Å². The molecule has 8 heteroatoms. The monoisotopic (exact) mass is 440 g/mol. The number of thiazole rings is 1. The van der Waals surface area contributed by atoms with Crippen molar-refractivity contribution in [3.05, 3.63) is 76.2 Å². The van der Waals surface area contributed by atoms with Crippen LogP contribution >= 0.6 is 23.1 Å². The molecule has 0 saturated carbocycles. The van der Waals surface area contributed by atoms with Crippen LogP contribution in [0.2, 0.25) is 0 Å². The summed E-state index contributed by atoms with van der Waals surface area (Å²) in [5.74, 6) is 0.704. The molecule has 30 heavy (non-hydrogen) atoms. The lowest BCUT2D eigenvalue weighted by Crippen LogP contribution is -2.35. The van der Waals surface area contributed by atoms with Gasteiger partial charge in [0.15, 0.2) is 6.61 Å². The van der Waals surface area contributed by atoms with Crippen LogP contribution in [-0.4, -0.2) is 30.1 Å². The van der Waals surface area contributed by atoms with Crippen molar-refractivity contribution in [3.8, 4) is 5.75 Å². The van der Waals surface area contributed by atoms with Gasteiger partial charge in [0.25, 0.3) is 5.91 Å². The topological polar surface area (TPSA) is 77.5 Å². The zero-order valence-corrected chi connectivity index (χ0v) is 17.7. The first-order chi connectivity index (χ1) is 14.7. The summed E-state index contributed by atoms with van der Waals surface area (Å²) in [5.41, 5.74) is 4.20. The van der Waals surface area contributed by atoms with Gasteiger partial charge in [0, 0.05) is 28.0 Å². The molecular formula is C22H20N2O4S2. The minimum absolute atomic E-state index is 0.143. The van der Waals surface area contributed by atoms with Gasteiger partial charge in [0.1, 0.15) is 5.75 Å². The highest BCUT2D eigenvalue weighted by molar-refractivity contribution is 7.98. The van der Waals surface area contributed by atoms with Crippen LogP contribution in [0.15, 0.2) is 64.3 Å². The summed E-state index contributed by atoms with van der Waals surface area (Å²) in [7, 11) is 0. The molecule has 2 aromatic carbocycles. The van der Waals surface area contributed by atoms with Crippen molar-refractivity contribution in [2.45, 2.75) is 23.1 Å². The number of rotatable bonds is 7. The molecule has 0 fully saturated rings. The number of benzene rings is 2. The third-order valence-corrected chi connectivity index (χ3v) is 6.27. The third kappa shape index (κ3) is 5.20. The molecule has 0 saturated heterocycles. The van der Waals surface area contributed by atoms with Gasteiger partial charge in [-0.3, -0.25) is 4.79 Å². The average Bonchev–Trinajstić information content (AvgIpc) is 3.30. The van der Waals surface area contributed by atoms with Crippen LogP contribution in [-0.2, 0) is 15.3 Å². The van der Waals surface area contributed by atoms with Crippen molar-refractivity contribution < 1.29 is 19.1 Å². The van der Waals surface area contributed by atoms with Gasteiger partial charge in [-0.25, -0.2) is 9.78 Å². The largest absolute Gasteiger partial charge is 0.493 e. The molecular weight excluding hydrogens is 420 g/mol. The summed E-state index contributed by atoms with van der Waals surface area (Å²) < 4.78 is 10.8. The van der Waals surface area contributed by atoms with Gasteiger partial charge in [-0.1, -0.05) is 18.2 Å². The highest BCUT2D eigenvalue weighted by atomic mass is 32.2. The summed E-state index contributed by atoms with van der Waals surface area (Å²) in [6.07, 6.45) is 0.677. The SMILES string of the molecule is O=C(COC(=O)c1ccc(SCc2cscn2)cc1)NC1CCOc2ccccc21. The predicted octanol–water partition coefficient (Wildman–Crippen LogP) is 4.23. The molecule has 1 N–H and O–H groups in total. The van der Waals surface area contributed by atoms with Crippen molar-refractivity contribution in [1.29, 1.82) is 0 Å². The van der Waals surface area contributed by atoms with E-state index in [1.165, 1.54) is 0 Å². The summed E-state index contributed by atoms with van der Waals surface area (Å²) in [6, 6.07) is 14.6. The van der Waals surface area contributed by atoms with E-state index in [0.29, 0.717) is 18.6 Å². The van der Waals surface area contributed by atoms with Gasteiger partial charge in [-0.2, -0.15) is 0 Å². The lowest BCUT2D eigenvalue weighted by Gasteiger charge is -2.26. The Bertz CT molecular complexity index is 1010. The maximum Gasteiger partial charge on any atom is 0.338 e. The molecule has 154 valence electrons. The lowest BCUT2D eigenvalue weighted by atomic mass is 10.0. The maximum absolute atomic E-state index is 12.3. The predicted molar refractivity (Wildman–Crippen MR) is 116 cm³/mol. The summed E-state index contributed by atoms with van der Waals surface area (Å²) in [5, 5.41) is 4.93. The minimum atomic E-state index is -0.520. The highest BCUT2D eigenvalue weighted by Gasteiger charge is 2.23. The zero-order chi connectivity index (χ0) is 20.8. The molecule has 0 radical (unpaired) electrons. The Kier molecular flexibility index (Phi) is 6.66. The number of aromatic nitrogens is 1. The Hall–Kier alpha value is -2.84. The third-order valence-electron chi connectivity index (χ3n) is 4.59. The van der Waals surface area contributed by atoms with Gasteiger partial charge >= 0.3 is 5.97 Å². The molecule has 6 nitrogen and oxygen atoms in total. The average molecular weight is 441 g/mol. The molecule has 1 unspecified atom stereocenters. The number of amides is 1. The molecule has 3 aromatic rings. The highest BCUT2D eigenvalue weighted by Crippen LogP contribution is 2.31. The molecule has 1 aliphatic heterocycles. The Morgan fingerprint density at radius 2 is 2.03 bits per heavy atom. The number of nitrogens with one attached hydrogen (secondary N) is 1. The molecule has 0 spiro atoms. The smallest absolute Gasteiger partial charge is 0.338 e. The van der Waals surface area contributed by atoms with E-state index < -0.39 is 5.97 Å². The Morgan fingerprint density at radius 3 is 2.83 bits per heavy atom. The van der Waals surface area contributed by atoms with E-state index in [1.54, 1.807) is 35.2 Å². The number of carbonyl (C=O) groups excluding carboxylic acids is 2. The molecule has 1 aromatic heterocycles. The van der Waals surface area contributed by atoms with E-state index in [0.717, 1.165) is 27.7 Å². The van der Waals surface area contributed by atoms with E-state index in [-0.39, 0.29) is 18.6 Å². The first-order valence-electron chi connectivity index (χ1n) is 9.47. The molecule has 2 heterocycles. The molecule has 0 aliphatic carbocycles. The van der Waals surface area contributed by atoms with Gasteiger partial charge < -0.3 is 14.8 Å². The number of para-hydroxylation sites is 1. The number of ether oxygens (including phenoxy) is 2. The fourth-order valence-corrected chi connectivity index (χ4v) is 4.56. The van der Waals surface area contributed by atoms with Crippen LogP contribution in [0.4, 0.5) is 0 Å². The van der Waals surface area contributed by atoms with Crippen LogP contribution in [0.3, 0.4) is 0 Å². The van der Waals surface area contributed by atoms with Crippen molar-refractivity contribution in [2.75, 3.05) is 13.2 Å². The van der Waals surface area contributed by atoms with Crippen LogP contribution in [0.25, 0.3) is 0 Å². The van der Waals surface area contributed by atoms with Gasteiger partial charge in [0.2, 0.25) is 0 Å². The Labute approximate surface area is 182 Å². The zero-order valence-electron chi connectivity index (χ0n) is 16.1. The number of fused-ring (bicyclic) bond motifs is 1. The fraction of sp³-hybridized carbons (Fsp3) is 0.227. The second-order valence-corrected chi connectivity index (χ2v) is 8.43. The van der Waals surface area contributed by atoms with Crippen molar-refractivity contribution in [1.82, 2.24) is 10.3 Å². The van der Waals surface area contributed by atoms with Crippen LogP contribution in [0, 0.1) is 0 Å². The summed E-state index contributed by atoms with van der Waals surface area (Å²) in [6.45, 7) is 0.216. The number of carbonyl (C=O) groups is 2. The number of nitrogens with zero attached hydrogens (tertiary/aromatic N) is 1. The second-order valence-electron chi connectivity index (χ2n) is 6.66. The first kappa shape index (κ1) is 20.4. The first-order valence-corrected chi connectivity index (χ1v) is 11.4. The van der Waals surface area contributed by atoms with E-state index in [1.807, 2.05) is 47.3 Å². The quantitative estimate of drug-likeness (QED) is 0.438. The van der Waals surface area contributed by atoms with Gasteiger partial charge in [-0.15, -0.1) is 23.1 Å². The van der Waals surface area contributed by atoms with Crippen molar-refractivity contribution in [2.24, 2.45) is 0 Å². The van der Waals surface area contributed by atoms with E-state index in [4.69, 9.17) is 9.47 Å². The maximum atomic E-state index is 12.3. The molecule has 1 aliphatic rings. The normalized spacial score (nSPS) is 15.0. The van der Waals surface area contributed by atoms with Gasteiger partial charge in [-0.05, 0) is 30.3 Å². The van der Waals surface area contributed by atoms with Crippen molar-refractivity contribution >= 4 is 35.0 Å².